The first kappa shape index (κ1) is 23.3. The lowest BCUT2D eigenvalue weighted by atomic mass is 10.1. The summed E-state index contributed by atoms with van der Waals surface area (Å²) in [5, 5.41) is 6.78. The van der Waals surface area contributed by atoms with Crippen molar-refractivity contribution in [3.63, 3.8) is 0 Å². The smallest absolute Gasteiger partial charge is 0.191 e. The van der Waals surface area contributed by atoms with E-state index in [9.17, 15) is 0 Å². The fraction of sp³-hybridized carbons (Fsp3) is 0.684. The number of nitrogens with one attached hydrogen (secondary N) is 2. The molecule has 2 rings (SSSR count). The van der Waals surface area contributed by atoms with E-state index in [-0.39, 0.29) is 28.7 Å². The molecule has 1 aliphatic heterocycles. The summed E-state index contributed by atoms with van der Waals surface area (Å²) in [7, 11) is 0. The Hall–Kier alpha value is -0.700. The Morgan fingerprint density at radius 3 is 2.65 bits per heavy atom. The summed E-state index contributed by atoms with van der Waals surface area (Å²) in [5.41, 5.74) is 1.21. The number of rotatable bonds is 7. The van der Waals surface area contributed by atoms with Gasteiger partial charge < -0.3 is 15.5 Å². The van der Waals surface area contributed by atoms with Gasteiger partial charge in [-0.15, -0.1) is 24.0 Å². The first-order chi connectivity index (χ1) is 12.0. The van der Waals surface area contributed by atoms with E-state index in [2.05, 4.69) is 59.7 Å². The molecule has 2 heterocycles. The highest BCUT2D eigenvalue weighted by molar-refractivity contribution is 14.0. The second-order valence-electron chi connectivity index (χ2n) is 7.08. The minimum atomic E-state index is 0. The van der Waals surface area contributed by atoms with E-state index >= 15 is 0 Å². The van der Waals surface area contributed by atoms with Crippen molar-refractivity contribution in [2.75, 3.05) is 37.3 Å². The summed E-state index contributed by atoms with van der Waals surface area (Å²) >= 11 is 1.86. The Morgan fingerprint density at radius 1 is 1.27 bits per heavy atom. The average molecular weight is 491 g/mol. The van der Waals surface area contributed by atoms with Crippen LogP contribution in [0.15, 0.2) is 23.3 Å². The van der Waals surface area contributed by atoms with Crippen LogP contribution in [0.25, 0.3) is 0 Å². The molecule has 0 radical (unpaired) electrons. The molecule has 1 saturated heterocycles. The standard InChI is InChI=1S/C19H33N5S.HI/c1-5-20-18(23-15-19(2,3)25-4)22-14-16-9-10-21-17(13-16)24-11-7-6-8-12-24;/h9-10,13H,5-8,11-12,14-15H2,1-4H3,(H2,20,22,23);1H. The normalized spacial score (nSPS) is 15.4. The number of guanidine groups is 1. The zero-order chi connectivity index (χ0) is 18.1. The zero-order valence-electron chi connectivity index (χ0n) is 16.5. The van der Waals surface area contributed by atoms with Crippen LogP contribution in [0.3, 0.4) is 0 Å². The fourth-order valence-corrected chi connectivity index (χ4v) is 2.95. The molecule has 0 atom stereocenters. The van der Waals surface area contributed by atoms with Crippen LogP contribution in [0.2, 0.25) is 0 Å². The lowest BCUT2D eigenvalue weighted by Crippen LogP contribution is -2.43. The van der Waals surface area contributed by atoms with Crippen LogP contribution in [0.1, 0.15) is 45.6 Å². The molecule has 26 heavy (non-hydrogen) atoms. The third-order valence-electron chi connectivity index (χ3n) is 4.49. The Kier molecular flexibility index (Phi) is 10.7. The van der Waals surface area contributed by atoms with E-state index in [4.69, 9.17) is 4.99 Å². The molecule has 1 fully saturated rings. The molecule has 0 aliphatic carbocycles. The molecule has 0 unspecified atom stereocenters. The Balaban J connectivity index is 0.00000338. The monoisotopic (exact) mass is 491 g/mol. The molecule has 1 aromatic heterocycles. The molecule has 0 spiro atoms. The van der Waals surface area contributed by atoms with Gasteiger partial charge in [0.2, 0.25) is 0 Å². The molecule has 1 aromatic rings. The van der Waals surface area contributed by atoms with Crippen molar-refractivity contribution in [1.29, 1.82) is 0 Å². The van der Waals surface area contributed by atoms with Gasteiger partial charge >= 0.3 is 0 Å². The van der Waals surface area contributed by atoms with Crippen LogP contribution in [0, 0.1) is 0 Å². The molecule has 148 valence electrons. The van der Waals surface area contributed by atoms with Crippen LogP contribution >= 0.6 is 35.7 Å². The van der Waals surface area contributed by atoms with Gasteiger partial charge in [0.25, 0.3) is 0 Å². The van der Waals surface area contributed by atoms with Gasteiger partial charge in [-0.1, -0.05) is 0 Å². The van der Waals surface area contributed by atoms with Gasteiger partial charge in [0.1, 0.15) is 5.82 Å². The van der Waals surface area contributed by atoms with Crippen LogP contribution < -0.4 is 15.5 Å². The largest absolute Gasteiger partial charge is 0.357 e. The van der Waals surface area contributed by atoms with Crippen LogP contribution in [-0.4, -0.2) is 48.1 Å². The van der Waals surface area contributed by atoms with Crippen molar-refractivity contribution >= 4 is 47.5 Å². The molecular formula is C19H34IN5S. The number of anilines is 1. The molecule has 2 N–H and O–H groups in total. The number of aromatic nitrogens is 1. The maximum absolute atomic E-state index is 4.75. The highest BCUT2D eigenvalue weighted by atomic mass is 127. The minimum Gasteiger partial charge on any atom is -0.357 e. The molecule has 5 nitrogen and oxygen atoms in total. The maximum atomic E-state index is 4.75. The summed E-state index contributed by atoms with van der Waals surface area (Å²) in [6.07, 6.45) is 7.93. The first-order valence-corrected chi connectivity index (χ1v) is 10.5. The van der Waals surface area contributed by atoms with Crippen molar-refractivity contribution in [1.82, 2.24) is 15.6 Å². The van der Waals surface area contributed by atoms with Crippen LogP contribution in [0.5, 0.6) is 0 Å². The summed E-state index contributed by atoms with van der Waals surface area (Å²) < 4.78 is 0.189. The van der Waals surface area contributed by atoms with Gasteiger partial charge in [-0.2, -0.15) is 11.8 Å². The van der Waals surface area contributed by atoms with Crippen molar-refractivity contribution in [2.45, 2.75) is 51.3 Å². The molecule has 1 aliphatic rings. The van der Waals surface area contributed by atoms with Gasteiger partial charge in [0, 0.05) is 37.1 Å². The van der Waals surface area contributed by atoms with Crippen molar-refractivity contribution < 1.29 is 0 Å². The van der Waals surface area contributed by atoms with E-state index in [1.54, 1.807) is 0 Å². The van der Waals surface area contributed by atoms with Gasteiger partial charge in [-0.3, -0.25) is 0 Å². The predicted octanol–water partition coefficient (Wildman–Crippen LogP) is 3.89. The fourth-order valence-electron chi connectivity index (χ4n) is 2.74. The van der Waals surface area contributed by atoms with Crippen LogP contribution in [-0.2, 0) is 6.54 Å². The topological polar surface area (TPSA) is 52.6 Å². The van der Waals surface area contributed by atoms with E-state index in [1.165, 1.54) is 24.8 Å². The number of aliphatic imine (C=N–C) groups is 1. The lowest BCUT2D eigenvalue weighted by molar-refractivity contribution is 0.573. The predicted molar refractivity (Wildman–Crippen MR) is 126 cm³/mol. The van der Waals surface area contributed by atoms with Crippen LogP contribution in [0.4, 0.5) is 5.82 Å². The average Bonchev–Trinajstić information content (AvgIpc) is 2.65. The van der Waals surface area contributed by atoms with Gasteiger partial charge in [0.15, 0.2) is 5.96 Å². The van der Waals surface area contributed by atoms with Gasteiger partial charge in [-0.25, -0.2) is 9.98 Å². The Morgan fingerprint density at radius 2 is 2.00 bits per heavy atom. The molecule has 7 heteroatoms. The molecule has 0 bridgehead atoms. The maximum Gasteiger partial charge on any atom is 0.191 e. The Bertz CT molecular complexity index is 559. The zero-order valence-corrected chi connectivity index (χ0v) is 19.7. The third kappa shape index (κ3) is 7.90. The SMILES string of the molecule is CCNC(=NCc1ccnc(N2CCCCC2)c1)NCC(C)(C)SC.I. The number of thioether (sulfide) groups is 1. The van der Waals surface area contributed by atoms with E-state index in [1.807, 2.05) is 18.0 Å². The first-order valence-electron chi connectivity index (χ1n) is 9.31. The summed E-state index contributed by atoms with van der Waals surface area (Å²) in [6, 6.07) is 4.25. The molecule has 0 amide bonds. The number of nitrogens with zero attached hydrogens (tertiary/aromatic N) is 3. The summed E-state index contributed by atoms with van der Waals surface area (Å²) in [5.74, 6) is 1.97. The minimum absolute atomic E-state index is 0. The van der Waals surface area contributed by atoms with Crippen molar-refractivity contribution in [3.05, 3.63) is 23.9 Å². The highest BCUT2D eigenvalue weighted by Gasteiger charge is 2.16. The number of hydrogen-bond acceptors (Lipinski definition) is 4. The lowest BCUT2D eigenvalue weighted by Gasteiger charge is -2.27. The number of halogens is 1. The van der Waals surface area contributed by atoms with Gasteiger partial charge in [0.05, 0.1) is 6.54 Å². The quantitative estimate of drug-likeness (QED) is 0.345. The second-order valence-corrected chi connectivity index (χ2v) is 8.60. The van der Waals surface area contributed by atoms with E-state index in [0.717, 1.165) is 38.0 Å². The number of piperidine rings is 1. The number of hydrogen-bond donors (Lipinski definition) is 2. The Labute approximate surface area is 180 Å². The van der Waals surface area contributed by atoms with E-state index < -0.39 is 0 Å². The molecular weight excluding hydrogens is 457 g/mol. The summed E-state index contributed by atoms with van der Waals surface area (Å²) in [6.45, 7) is 11.2. The third-order valence-corrected chi connectivity index (χ3v) is 5.74. The highest BCUT2D eigenvalue weighted by Crippen LogP contribution is 2.20. The second kappa shape index (κ2) is 11.9. The van der Waals surface area contributed by atoms with E-state index in [0.29, 0.717) is 6.54 Å². The molecule has 0 saturated carbocycles. The van der Waals surface area contributed by atoms with Gasteiger partial charge in [-0.05, 0) is 64.0 Å². The van der Waals surface area contributed by atoms with Crippen molar-refractivity contribution in [3.8, 4) is 0 Å². The van der Waals surface area contributed by atoms with Crippen molar-refractivity contribution in [2.24, 2.45) is 4.99 Å². The summed E-state index contributed by atoms with van der Waals surface area (Å²) in [4.78, 5) is 11.7. The number of pyridine rings is 1. The molecule has 0 aromatic carbocycles.